The van der Waals surface area contributed by atoms with E-state index < -0.39 is 0 Å². The summed E-state index contributed by atoms with van der Waals surface area (Å²) >= 11 is 0. The third-order valence-corrected chi connectivity index (χ3v) is 14.1. The van der Waals surface area contributed by atoms with E-state index in [1.807, 2.05) is 59.3 Å². The second-order valence-corrected chi connectivity index (χ2v) is 19.1. The van der Waals surface area contributed by atoms with Crippen LogP contribution in [0.15, 0.2) is 96.0 Å². The number of nitrogens with zero attached hydrogens (tertiary/aromatic N) is 4. The molecule has 0 saturated heterocycles. The van der Waals surface area contributed by atoms with E-state index in [2.05, 4.69) is 54.3 Å². The first-order valence-corrected chi connectivity index (χ1v) is 25.6. The highest BCUT2D eigenvalue weighted by atomic mass is 16.6. The number of ketones is 1. The molecule has 0 fully saturated rings. The van der Waals surface area contributed by atoms with Crippen molar-refractivity contribution in [1.29, 1.82) is 0 Å². The molecule has 378 valence electrons. The van der Waals surface area contributed by atoms with Gasteiger partial charge in [0, 0.05) is 79.9 Å². The van der Waals surface area contributed by atoms with Crippen LogP contribution < -0.4 is 34.8 Å². The molecule has 0 radical (unpaired) electrons. The number of nitrogens with two attached hydrogens (primary N) is 1. The normalized spacial score (nSPS) is 16.3. The van der Waals surface area contributed by atoms with Crippen LogP contribution in [0.2, 0.25) is 0 Å². The van der Waals surface area contributed by atoms with E-state index >= 15 is 0 Å². The fraction of sp³-hybridized carbons (Fsp3) is 0.414. The molecule has 0 bridgehead atoms. The lowest BCUT2D eigenvalue weighted by Crippen LogP contribution is -2.37. The molecule has 0 saturated carbocycles. The van der Waals surface area contributed by atoms with Crippen molar-refractivity contribution in [2.45, 2.75) is 103 Å². The largest absolute Gasteiger partial charge is 0.493 e. The summed E-state index contributed by atoms with van der Waals surface area (Å²) in [7, 11) is 1.57. The highest BCUT2D eigenvalue weighted by molar-refractivity contribution is 6.15. The number of anilines is 3. The molecule has 0 aromatic heterocycles. The number of benzene rings is 5. The topological polar surface area (TPSA) is 155 Å². The molecular weight excluding hydrogens is 911 g/mol. The lowest BCUT2D eigenvalue weighted by molar-refractivity contribution is -0.119. The first kappa shape index (κ1) is 50.4. The van der Waals surface area contributed by atoms with Crippen LogP contribution in [0, 0.1) is 6.92 Å². The summed E-state index contributed by atoms with van der Waals surface area (Å²) in [5, 5.41) is 0. The fourth-order valence-corrected chi connectivity index (χ4v) is 10.4. The van der Waals surface area contributed by atoms with Gasteiger partial charge in [0.15, 0.2) is 11.5 Å². The maximum atomic E-state index is 14.2. The van der Waals surface area contributed by atoms with Crippen LogP contribution in [0.1, 0.15) is 106 Å². The molecule has 5 aromatic rings. The molecule has 2 N–H and O–H groups in total. The first-order valence-electron chi connectivity index (χ1n) is 25.6. The molecule has 0 spiro atoms. The van der Waals surface area contributed by atoms with E-state index in [1.165, 1.54) is 5.56 Å². The van der Waals surface area contributed by atoms with E-state index in [0.29, 0.717) is 94.6 Å². The number of carbonyl (C=O) groups is 3. The molecule has 4 aliphatic rings. The zero-order valence-corrected chi connectivity index (χ0v) is 41.9. The number of unbranched alkanes of at least 4 members (excludes halogenated alkanes) is 1. The van der Waals surface area contributed by atoms with Crippen molar-refractivity contribution in [1.82, 2.24) is 0 Å². The van der Waals surface area contributed by atoms with Gasteiger partial charge < -0.3 is 38.3 Å². The van der Waals surface area contributed by atoms with Gasteiger partial charge in [-0.05, 0) is 134 Å². The highest BCUT2D eigenvalue weighted by Crippen LogP contribution is 2.42. The molecule has 2 amide bonds. The summed E-state index contributed by atoms with van der Waals surface area (Å²) in [5.74, 6) is 6.92. The van der Waals surface area contributed by atoms with Gasteiger partial charge in [0.1, 0.15) is 24.7 Å². The Morgan fingerprint density at radius 3 is 2.15 bits per heavy atom. The lowest BCUT2D eigenvalue weighted by Gasteiger charge is -2.26. The average Bonchev–Trinajstić information content (AvgIpc) is 3.89. The molecule has 4 heterocycles. The van der Waals surface area contributed by atoms with E-state index in [9.17, 15) is 14.4 Å². The van der Waals surface area contributed by atoms with Crippen LogP contribution in [-0.2, 0) is 51.6 Å². The quantitative estimate of drug-likeness (QED) is 0.0439. The van der Waals surface area contributed by atoms with E-state index in [4.69, 9.17) is 39.4 Å². The zero-order valence-electron chi connectivity index (χ0n) is 41.9. The number of carbonyl (C=O) groups excluding carboxylic acids is 3. The van der Waals surface area contributed by atoms with Crippen LogP contribution in [0.3, 0.4) is 0 Å². The zero-order chi connectivity index (χ0) is 50.0. The van der Waals surface area contributed by atoms with E-state index in [1.54, 1.807) is 19.2 Å². The van der Waals surface area contributed by atoms with E-state index in [0.717, 1.165) is 94.7 Å². The van der Waals surface area contributed by atoms with Gasteiger partial charge in [0.2, 0.25) is 0 Å². The van der Waals surface area contributed by atoms with Crippen molar-refractivity contribution in [2.24, 2.45) is 10.9 Å². The number of hydrogen-bond acceptors (Lipinski definition) is 12. The van der Waals surface area contributed by atoms with Gasteiger partial charge in [-0.1, -0.05) is 43.3 Å². The van der Waals surface area contributed by atoms with Gasteiger partial charge in [-0.2, -0.15) is 0 Å². The number of amides is 2. The minimum Gasteiger partial charge on any atom is -0.493 e. The number of fused-ring (bicyclic) bond motifs is 8. The molecule has 9 rings (SSSR count). The molecule has 14 nitrogen and oxygen atoms in total. The Hall–Kier alpha value is -6.58. The van der Waals surface area contributed by atoms with E-state index in [-0.39, 0.29) is 42.9 Å². The molecule has 5 aromatic carbocycles. The smallest absolute Gasteiger partial charge is 0.261 e. The number of para-hydroxylation sites is 2. The highest BCUT2D eigenvalue weighted by Gasteiger charge is 2.38. The third-order valence-electron chi connectivity index (χ3n) is 14.1. The maximum Gasteiger partial charge on any atom is 0.261 e. The van der Waals surface area contributed by atoms with Crippen LogP contribution >= 0.6 is 0 Å². The summed E-state index contributed by atoms with van der Waals surface area (Å²) in [6.07, 6.45) is 9.05. The molecule has 72 heavy (non-hydrogen) atoms. The van der Waals surface area contributed by atoms with Gasteiger partial charge in [-0.15, -0.1) is 0 Å². The van der Waals surface area contributed by atoms with Crippen molar-refractivity contribution in [3.63, 3.8) is 0 Å². The Morgan fingerprint density at radius 2 is 1.40 bits per heavy atom. The van der Waals surface area contributed by atoms with Crippen molar-refractivity contribution in [2.75, 3.05) is 67.9 Å². The van der Waals surface area contributed by atoms with Crippen molar-refractivity contribution >= 4 is 46.6 Å². The van der Waals surface area contributed by atoms with Crippen LogP contribution in [0.25, 0.3) is 0 Å². The van der Waals surface area contributed by atoms with Gasteiger partial charge in [0.05, 0.1) is 50.8 Å². The number of ether oxygens (including phenoxy) is 5. The second kappa shape index (κ2) is 23.8. The van der Waals surface area contributed by atoms with Crippen molar-refractivity contribution < 1.29 is 42.9 Å². The summed E-state index contributed by atoms with van der Waals surface area (Å²) < 4.78 is 30.9. The molecule has 14 heteroatoms. The Bertz CT molecular complexity index is 2780. The summed E-state index contributed by atoms with van der Waals surface area (Å²) in [6, 6.07) is 30.0. The lowest BCUT2D eigenvalue weighted by atomic mass is 9.98. The SMILES string of the molecule is CCCOCCOCCN(CCCC(=O)CCCCON)c1cc(COc2cc3c(cc2C)C(=O)N2c4ccccc4C[C@H]2CC3)cc(COc2cc3c(cc2OC)C(=O)N2c4ccccc4C[C@H]2C=N3)c1. The minimum absolute atomic E-state index is 0.0421. The summed E-state index contributed by atoms with van der Waals surface area (Å²) in [6.45, 7) is 8.27. The number of Topliss-reactive ketones (excluding diaryl/α,β-unsaturated/α-hetero) is 1. The Balaban J connectivity index is 0.976. The van der Waals surface area contributed by atoms with Crippen LogP contribution in [0.4, 0.5) is 22.7 Å². The van der Waals surface area contributed by atoms with Crippen LogP contribution in [-0.4, -0.2) is 89.1 Å². The minimum atomic E-state index is -0.189. The Labute approximate surface area is 422 Å². The molecule has 2 atom stereocenters. The fourth-order valence-electron chi connectivity index (χ4n) is 10.4. The van der Waals surface area contributed by atoms with Gasteiger partial charge in [-0.25, -0.2) is 5.90 Å². The van der Waals surface area contributed by atoms with Crippen molar-refractivity contribution in [3.05, 3.63) is 136 Å². The summed E-state index contributed by atoms with van der Waals surface area (Å²) in [5.41, 5.74) is 10.5. The number of aryl methyl sites for hydroxylation is 2. The van der Waals surface area contributed by atoms with Gasteiger partial charge in [-0.3, -0.25) is 24.3 Å². The predicted molar refractivity (Wildman–Crippen MR) is 280 cm³/mol. The molecular formula is C58H67N5O9. The van der Waals surface area contributed by atoms with Gasteiger partial charge >= 0.3 is 0 Å². The maximum absolute atomic E-state index is 14.2. The number of hydrogen-bond donors (Lipinski definition) is 1. The first-order chi connectivity index (χ1) is 35.2. The number of rotatable bonds is 25. The monoisotopic (exact) mass is 977 g/mol. The van der Waals surface area contributed by atoms with Crippen molar-refractivity contribution in [3.8, 4) is 17.2 Å². The Kier molecular flexibility index (Phi) is 16.6. The predicted octanol–water partition coefficient (Wildman–Crippen LogP) is 9.63. The average molecular weight is 978 g/mol. The van der Waals surface area contributed by atoms with Gasteiger partial charge in [0.25, 0.3) is 11.8 Å². The number of aliphatic imine (C=N–C) groups is 1. The Morgan fingerprint density at radius 1 is 0.708 bits per heavy atom. The standard InChI is InChI=1S/C58H67N5O9/c1-4-22-68-25-26-69-24-21-61(20-11-15-48(64)14-9-10-23-72-59)46-29-40(37-70-54-33-42-18-19-45-31-43-12-5-7-16-52(43)62(45)57(65)49(42)27-39(54)2)28-41(30-46)38-71-56-35-51-50(34-55(56)67-3)58(66)63-47(36-60-51)32-44-13-6-8-17-53(44)63/h5-8,12-13,16-17,27-30,33-36,45,47H,4,9-11,14-15,18-26,31-32,37-38,59H2,1-3H3/t45-,47+/m1/s1. The summed E-state index contributed by atoms with van der Waals surface area (Å²) in [4.78, 5) is 56.9. The molecule has 0 aliphatic carbocycles. The number of methoxy groups -OCH3 is 1. The second-order valence-electron chi connectivity index (χ2n) is 19.1. The molecule has 0 unspecified atom stereocenters. The molecule has 4 aliphatic heterocycles. The third kappa shape index (κ3) is 11.5. The van der Waals surface area contributed by atoms with Crippen LogP contribution in [0.5, 0.6) is 17.2 Å².